The summed E-state index contributed by atoms with van der Waals surface area (Å²) in [5.41, 5.74) is 2.06. The average Bonchev–Trinajstić information content (AvgIpc) is 3.00. The quantitative estimate of drug-likeness (QED) is 0.778. The summed E-state index contributed by atoms with van der Waals surface area (Å²) < 4.78 is 12.1. The smallest absolute Gasteiger partial charge is 0.261 e. The highest BCUT2D eigenvalue weighted by molar-refractivity contribution is 7.22. The Balaban J connectivity index is 1.63. The van der Waals surface area contributed by atoms with Gasteiger partial charge in [-0.2, -0.15) is 0 Å². The first kappa shape index (κ1) is 15.6. The van der Waals surface area contributed by atoms with Crippen LogP contribution >= 0.6 is 11.3 Å². The fourth-order valence-corrected chi connectivity index (χ4v) is 3.51. The van der Waals surface area contributed by atoms with Gasteiger partial charge in [-0.1, -0.05) is 11.3 Å². The minimum atomic E-state index is -0.242. The van der Waals surface area contributed by atoms with E-state index in [9.17, 15) is 4.79 Å². The van der Waals surface area contributed by atoms with E-state index in [4.69, 9.17) is 9.47 Å². The summed E-state index contributed by atoms with van der Waals surface area (Å²) in [5, 5.41) is 3.38. The third-order valence-electron chi connectivity index (χ3n) is 3.80. The van der Waals surface area contributed by atoms with Crippen molar-refractivity contribution in [3.63, 3.8) is 0 Å². The Labute approximate surface area is 148 Å². The third kappa shape index (κ3) is 2.96. The van der Waals surface area contributed by atoms with Crippen molar-refractivity contribution in [2.45, 2.75) is 0 Å². The van der Waals surface area contributed by atoms with Gasteiger partial charge in [0, 0.05) is 38.6 Å². The van der Waals surface area contributed by atoms with Gasteiger partial charge in [0.2, 0.25) is 0 Å². The molecular formula is C17H16N4O3S. The molecule has 1 amide bonds. The summed E-state index contributed by atoms with van der Waals surface area (Å²) >= 11 is 1.39. The molecule has 128 valence electrons. The molecule has 0 unspecified atom stereocenters. The number of hydrogen-bond donors (Lipinski definition) is 1. The van der Waals surface area contributed by atoms with Crippen molar-refractivity contribution < 1.29 is 14.3 Å². The zero-order valence-electron chi connectivity index (χ0n) is 13.8. The van der Waals surface area contributed by atoms with Gasteiger partial charge >= 0.3 is 0 Å². The van der Waals surface area contributed by atoms with Crippen LogP contribution in [0.4, 0.5) is 10.8 Å². The first-order chi connectivity index (χ1) is 12.1. The van der Waals surface area contributed by atoms with Gasteiger partial charge < -0.3 is 14.4 Å². The molecule has 3 aromatic rings. The van der Waals surface area contributed by atoms with Gasteiger partial charge in [-0.3, -0.25) is 15.1 Å². The van der Waals surface area contributed by atoms with Gasteiger partial charge in [-0.05, 0) is 6.07 Å². The molecule has 0 fully saturated rings. The summed E-state index contributed by atoms with van der Waals surface area (Å²) in [6.07, 6.45) is 3.21. The summed E-state index contributed by atoms with van der Waals surface area (Å²) in [5.74, 6) is 1.15. The molecule has 4 rings (SSSR count). The molecule has 0 bridgehead atoms. The maximum atomic E-state index is 12.6. The monoisotopic (exact) mass is 356 g/mol. The molecule has 0 saturated carbocycles. The fraction of sp³-hybridized carbons (Fsp3) is 0.235. The Bertz CT molecular complexity index is 911. The van der Waals surface area contributed by atoms with Gasteiger partial charge in [0.25, 0.3) is 5.91 Å². The van der Waals surface area contributed by atoms with E-state index in [0.717, 1.165) is 15.9 Å². The van der Waals surface area contributed by atoms with Crippen LogP contribution in [0.5, 0.6) is 11.5 Å². The van der Waals surface area contributed by atoms with Crippen molar-refractivity contribution >= 4 is 38.3 Å². The number of benzene rings is 1. The van der Waals surface area contributed by atoms with Gasteiger partial charge in [-0.25, -0.2) is 4.98 Å². The van der Waals surface area contributed by atoms with Crippen LogP contribution in [0.25, 0.3) is 10.2 Å². The van der Waals surface area contributed by atoms with E-state index in [-0.39, 0.29) is 5.91 Å². The number of ether oxygens (including phenoxy) is 2. The van der Waals surface area contributed by atoms with Crippen molar-refractivity contribution in [3.05, 3.63) is 36.2 Å². The van der Waals surface area contributed by atoms with E-state index in [1.807, 2.05) is 31.1 Å². The van der Waals surface area contributed by atoms with Gasteiger partial charge in [0.05, 0.1) is 21.5 Å². The van der Waals surface area contributed by atoms with Crippen LogP contribution in [0, 0.1) is 0 Å². The van der Waals surface area contributed by atoms with Crippen LogP contribution in [0.3, 0.4) is 0 Å². The first-order valence-electron chi connectivity index (χ1n) is 7.75. The number of fused-ring (bicyclic) bond motifs is 2. The van der Waals surface area contributed by atoms with E-state index in [2.05, 4.69) is 15.3 Å². The average molecular weight is 356 g/mol. The molecule has 0 spiro atoms. The third-order valence-corrected chi connectivity index (χ3v) is 4.73. The predicted molar refractivity (Wildman–Crippen MR) is 97.1 cm³/mol. The number of nitrogens with one attached hydrogen (secondary N) is 1. The number of aromatic nitrogens is 2. The van der Waals surface area contributed by atoms with Crippen LogP contribution in [-0.2, 0) is 0 Å². The highest BCUT2D eigenvalue weighted by atomic mass is 32.1. The molecule has 0 atom stereocenters. The number of thiazole rings is 1. The number of hydrogen-bond acceptors (Lipinski definition) is 7. The molecule has 1 N–H and O–H groups in total. The molecule has 1 aliphatic rings. The molecule has 1 aromatic carbocycles. The van der Waals surface area contributed by atoms with Crippen LogP contribution < -0.4 is 19.7 Å². The summed E-state index contributed by atoms with van der Waals surface area (Å²) in [7, 11) is 3.77. The van der Waals surface area contributed by atoms with E-state index >= 15 is 0 Å². The topological polar surface area (TPSA) is 76.6 Å². The largest absolute Gasteiger partial charge is 0.486 e. The van der Waals surface area contributed by atoms with E-state index in [1.165, 1.54) is 11.3 Å². The lowest BCUT2D eigenvalue weighted by atomic mass is 10.2. The second-order valence-corrected chi connectivity index (χ2v) is 6.75. The standard InChI is InChI=1S/C17H16N4O3S/c1-21(2)12-3-4-18-9-10(12)16(22)20-17-19-11-7-13-14(8-15(11)25-17)24-6-5-23-13/h3-4,7-9H,5-6H2,1-2H3,(H,19,20,22). The summed E-state index contributed by atoms with van der Waals surface area (Å²) in [6, 6.07) is 5.54. The number of anilines is 2. The van der Waals surface area contributed by atoms with E-state index in [0.29, 0.717) is 35.4 Å². The SMILES string of the molecule is CN(C)c1ccncc1C(=O)Nc1nc2cc3c(cc2s1)OCCO3. The fourth-order valence-electron chi connectivity index (χ4n) is 2.63. The maximum absolute atomic E-state index is 12.6. The molecule has 0 radical (unpaired) electrons. The number of rotatable bonds is 3. The summed E-state index contributed by atoms with van der Waals surface area (Å²) in [6.45, 7) is 1.07. The number of pyridine rings is 1. The lowest BCUT2D eigenvalue weighted by Crippen LogP contribution is -2.18. The first-order valence-corrected chi connectivity index (χ1v) is 8.56. The van der Waals surface area contributed by atoms with Gasteiger partial charge in [0.1, 0.15) is 13.2 Å². The molecule has 2 aromatic heterocycles. The van der Waals surface area contributed by atoms with Crippen molar-refractivity contribution in [2.75, 3.05) is 37.5 Å². The predicted octanol–water partition coefficient (Wildman–Crippen LogP) is 2.78. The van der Waals surface area contributed by atoms with Crippen molar-refractivity contribution in [1.29, 1.82) is 0 Å². The zero-order chi connectivity index (χ0) is 17.4. The number of carbonyl (C=O) groups excluding carboxylic acids is 1. The lowest BCUT2D eigenvalue weighted by Gasteiger charge is -2.17. The lowest BCUT2D eigenvalue weighted by molar-refractivity contribution is 0.102. The Morgan fingerprint density at radius 3 is 2.76 bits per heavy atom. The Morgan fingerprint density at radius 1 is 1.24 bits per heavy atom. The minimum Gasteiger partial charge on any atom is -0.486 e. The number of amides is 1. The highest BCUT2D eigenvalue weighted by Gasteiger charge is 2.18. The maximum Gasteiger partial charge on any atom is 0.261 e. The second kappa shape index (κ2) is 6.21. The Kier molecular flexibility index (Phi) is 3.89. The molecule has 8 heteroatoms. The van der Waals surface area contributed by atoms with Crippen LogP contribution in [0.2, 0.25) is 0 Å². The highest BCUT2D eigenvalue weighted by Crippen LogP contribution is 2.38. The van der Waals surface area contributed by atoms with E-state index in [1.54, 1.807) is 18.5 Å². The second-order valence-electron chi connectivity index (χ2n) is 5.72. The number of carbonyl (C=O) groups is 1. The van der Waals surface area contributed by atoms with Crippen molar-refractivity contribution in [3.8, 4) is 11.5 Å². The zero-order valence-corrected chi connectivity index (χ0v) is 14.6. The molecule has 0 saturated heterocycles. The molecule has 3 heterocycles. The van der Waals surface area contributed by atoms with Crippen LogP contribution in [0.1, 0.15) is 10.4 Å². The number of nitrogens with zero attached hydrogens (tertiary/aromatic N) is 3. The Morgan fingerprint density at radius 2 is 2.00 bits per heavy atom. The summed E-state index contributed by atoms with van der Waals surface area (Å²) in [4.78, 5) is 23.0. The van der Waals surface area contributed by atoms with Crippen LogP contribution in [-0.4, -0.2) is 43.2 Å². The Hall–Kier alpha value is -2.87. The molecular weight excluding hydrogens is 340 g/mol. The minimum absolute atomic E-state index is 0.242. The molecule has 0 aliphatic carbocycles. The normalized spacial score (nSPS) is 12.9. The van der Waals surface area contributed by atoms with E-state index < -0.39 is 0 Å². The molecule has 25 heavy (non-hydrogen) atoms. The van der Waals surface area contributed by atoms with Gasteiger partial charge in [0.15, 0.2) is 16.6 Å². The molecule has 7 nitrogen and oxygen atoms in total. The van der Waals surface area contributed by atoms with Crippen LogP contribution in [0.15, 0.2) is 30.6 Å². The molecule has 1 aliphatic heterocycles. The van der Waals surface area contributed by atoms with Gasteiger partial charge in [-0.15, -0.1) is 0 Å². The van der Waals surface area contributed by atoms with Crippen molar-refractivity contribution in [1.82, 2.24) is 9.97 Å². The van der Waals surface area contributed by atoms with Crippen molar-refractivity contribution in [2.24, 2.45) is 0 Å².